The lowest BCUT2D eigenvalue weighted by Crippen LogP contribution is -2.41. The lowest BCUT2D eigenvalue weighted by Gasteiger charge is -2.25. The molecule has 0 aromatic rings. The number of nitrogens with one attached hydrogen (secondary N) is 2. The van der Waals surface area contributed by atoms with Gasteiger partial charge in [-0.1, -0.05) is 0 Å². The Labute approximate surface area is 103 Å². The molecule has 3 heterocycles. The molecule has 2 N–H and O–H groups in total. The third-order valence-corrected chi connectivity index (χ3v) is 4.60. The van der Waals surface area contributed by atoms with Crippen LogP contribution in [0.4, 0.5) is 0 Å². The van der Waals surface area contributed by atoms with Gasteiger partial charge in [-0.15, -0.1) is 0 Å². The first-order chi connectivity index (χ1) is 8.33. The zero-order valence-electron chi connectivity index (χ0n) is 10.5. The van der Waals surface area contributed by atoms with Gasteiger partial charge in [0.2, 0.25) is 5.91 Å². The van der Waals surface area contributed by atoms with Crippen LogP contribution >= 0.6 is 0 Å². The molecule has 1 amide bonds. The van der Waals surface area contributed by atoms with E-state index in [1.807, 2.05) is 0 Å². The summed E-state index contributed by atoms with van der Waals surface area (Å²) in [5.74, 6) is 1.07. The molecule has 3 aliphatic heterocycles. The van der Waals surface area contributed by atoms with Crippen molar-refractivity contribution in [1.82, 2.24) is 15.5 Å². The van der Waals surface area contributed by atoms with Crippen molar-refractivity contribution in [3.63, 3.8) is 0 Å². The third kappa shape index (κ3) is 2.47. The van der Waals surface area contributed by atoms with Crippen LogP contribution < -0.4 is 10.6 Å². The zero-order chi connectivity index (χ0) is 11.7. The first kappa shape index (κ1) is 11.5. The highest BCUT2D eigenvalue weighted by molar-refractivity contribution is 5.76. The van der Waals surface area contributed by atoms with Crippen LogP contribution in [0.25, 0.3) is 0 Å². The van der Waals surface area contributed by atoms with E-state index in [9.17, 15) is 4.79 Å². The monoisotopic (exact) mass is 237 g/mol. The number of rotatable bonds is 1. The van der Waals surface area contributed by atoms with Gasteiger partial charge in [-0.3, -0.25) is 9.69 Å². The highest BCUT2D eigenvalue weighted by Crippen LogP contribution is 2.28. The predicted octanol–water partition coefficient (Wildman–Crippen LogP) is 0.339. The first-order valence-electron chi connectivity index (χ1n) is 7.07. The van der Waals surface area contributed by atoms with Crippen LogP contribution in [0.2, 0.25) is 0 Å². The molecule has 3 atom stereocenters. The number of fused-ring (bicyclic) bond motifs is 1. The first-order valence-corrected chi connectivity index (χ1v) is 7.07. The largest absolute Gasteiger partial charge is 0.356 e. The van der Waals surface area contributed by atoms with Gasteiger partial charge in [0.05, 0.1) is 0 Å². The Bertz CT molecular complexity index is 280. The molecule has 0 aromatic carbocycles. The quantitative estimate of drug-likeness (QED) is 0.691. The summed E-state index contributed by atoms with van der Waals surface area (Å²) in [4.78, 5) is 14.2. The third-order valence-electron chi connectivity index (χ3n) is 4.60. The topological polar surface area (TPSA) is 44.4 Å². The van der Waals surface area contributed by atoms with E-state index < -0.39 is 0 Å². The van der Waals surface area contributed by atoms with Gasteiger partial charge >= 0.3 is 0 Å². The fraction of sp³-hybridized carbons (Fsp3) is 0.923. The smallest absolute Gasteiger partial charge is 0.221 e. The van der Waals surface area contributed by atoms with Crippen molar-refractivity contribution in [3.05, 3.63) is 0 Å². The number of carbonyl (C=O) groups excluding carboxylic acids is 1. The van der Waals surface area contributed by atoms with Crippen LogP contribution in [0.1, 0.15) is 32.1 Å². The highest BCUT2D eigenvalue weighted by atomic mass is 16.1. The number of hydrogen-bond acceptors (Lipinski definition) is 3. The van der Waals surface area contributed by atoms with Gasteiger partial charge in [0.15, 0.2) is 0 Å². The minimum absolute atomic E-state index is 0.246. The van der Waals surface area contributed by atoms with Crippen LogP contribution in [0.15, 0.2) is 0 Å². The fourth-order valence-corrected chi connectivity index (χ4v) is 3.64. The molecule has 0 radical (unpaired) electrons. The van der Waals surface area contributed by atoms with Crippen molar-refractivity contribution in [2.24, 2.45) is 5.92 Å². The normalized spacial score (nSPS) is 39.5. The molecule has 0 aliphatic carbocycles. The van der Waals surface area contributed by atoms with Crippen molar-refractivity contribution in [2.45, 2.75) is 44.2 Å². The summed E-state index contributed by atoms with van der Waals surface area (Å²) in [6.07, 6.45) is 5.71. The maximum atomic E-state index is 11.6. The summed E-state index contributed by atoms with van der Waals surface area (Å²) >= 11 is 0. The molecular formula is C13H23N3O. The lowest BCUT2D eigenvalue weighted by molar-refractivity contribution is -0.121. The second kappa shape index (κ2) is 4.94. The van der Waals surface area contributed by atoms with E-state index in [-0.39, 0.29) is 5.91 Å². The molecule has 0 bridgehead atoms. The Morgan fingerprint density at radius 1 is 1.12 bits per heavy atom. The van der Waals surface area contributed by atoms with Crippen LogP contribution in [-0.2, 0) is 4.79 Å². The maximum absolute atomic E-state index is 11.6. The van der Waals surface area contributed by atoms with Gasteiger partial charge < -0.3 is 10.6 Å². The molecule has 4 nitrogen and oxygen atoms in total. The standard InChI is InChI=1S/C13H23N3O/c17-13-7-11(4-2-6-15-13)16-8-10-3-1-5-14-12(10)9-16/h10-12,14H,1-9H2,(H,15,17). The molecular weight excluding hydrogens is 214 g/mol. The van der Waals surface area contributed by atoms with Gasteiger partial charge in [0.25, 0.3) is 0 Å². The number of piperidine rings is 1. The van der Waals surface area contributed by atoms with Crippen LogP contribution in [0, 0.1) is 5.92 Å². The molecule has 0 aromatic heterocycles. The Morgan fingerprint density at radius 2 is 2.00 bits per heavy atom. The SMILES string of the molecule is O=C1CC(N2CC3CCCNC3C2)CCCN1. The highest BCUT2D eigenvalue weighted by Gasteiger charge is 2.37. The summed E-state index contributed by atoms with van der Waals surface area (Å²) in [6, 6.07) is 1.18. The summed E-state index contributed by atoms with van der Waals surface area (Å²) in [6.45, 7) is 4.41. The van der Waals surface area contributed by atoms with E-state index >= 15 is 0 Å². The van der Waals surface area contributed by atoms with Gasteiger partial charge in [0.1, 0.15) is 0 Å². The Morgan fingerprint density at radius 3 is 2.88 bits per heavy atom. The van der Waals surface area contributed by atoms with Gasteiger partial charge in [-0.05, 0) is 38.1 Å². The average molecular weight is 237 g/mol. The van der Waals surface area contributed by atoms with Crippen LogP contribution in [0.5, 0.6) is 0 Å². The lowest BCUT2D eigenvalue weighted by atomic mass is 9.94. The summed E-state index contributed by atoms with van der Waals surface area (Å²) in [5.41, 5.74) is 0. The molecule has 3 saturated heterocycles. The average Bonchev–Trinajstić information content (AvgIpc) is 2.65. The van der Waals surface area contributed by atoms with Crippen molar-refractivity contribution in [1.29, 1.82) is 0 Å². The van der Waals surface area contributed by atoms with Crippen molar-refractivity contribution in [3.8, 4) is 0 Å². The fourth-order valence-electron chi connectivity index (χ4n) is 3.64. The second-order valence-electron chi connectivity index (χ2n) is 5.77. The molecule has 0 spiro atoms. The number of hydrogen-bond donors (Lipinski definition) is 2. The van der Waals surface area contributed by atoms with Crippen LogP contribution in [0.3, 0.4) is 0 Å². The van der Waals surface area contributed by atoms with E-state index in [0.29, 0.717) is 18.5 Å². The maximum Gasteiger partial charge on any atom is 0.221 e. The number of nitrogens with zero attached hydrogens (tertiary/aromatic N) is 1. The second-order valence-corrected chi connectivity index (χ2v) is 5.77. The van der Waals surface area contributed by atoms with E-state index in [0.717, 1.165) is 25.4 Å². The molecule has 3 unspecified atom stereocenters. The summed E-state index contributed by atoms with van der Waals surface area (Å²) in [5, 5.41) is 6.61. The van der Waals surface area contributed by atoms with E-state index in [2.05, 4.69) is 15.5 Å². The van der Waals surface area contributed by atoms with Crippen molar-refractivity contribution >= 4 is 5.91 Å². The van der Waals surface area contributed by atoms with Gasteiger partial charge in [-0.2, -0.15) is 0 Å². The zero-order valence-corrected chi connectivity index (χ0v) is 10.5. The van der Waals surface area contributed by atoms with E-state index in [1.165, 1.54) is 32.4 Å². The summed E-state index contributed by atoms with van der Waals surface area (Å²) in [7, 11) is 0. The molecule has 17 heavy (non-hydrogen) atoms. The van der Waals surface area contributed by atoms with Crippen molar-refractivity contribution < 1.29 is 4.79 Å². The number of likely N-dealkylation sites (tertiary alicyclic amines) is 1. The molecule has 3 fully saturated rings. The number of amides is 1. The predicted molar refractivity (Wildman–Crippen MR) is 66.7 cm³/mol. The van der Waals surface area contributed by atoms with Crippen LogP contribution in [-0.4, -0.2) is 49.1 Å². The van der Waals surface area contributed by atoms with Crippen molar-refractivity contribution in [2.75, 3.05) is 26.2 Å². The van der Waals surface area contributed by atoms with Gasteiger partial charge in [-0.25, -0.2) is 0 Å². The molecule has 4 heteroatoms. The Hall–Kier alpha value is -0.610. The molecule has 96 valence electrons. The molecule has 3 aliphatic rings. The Kier molecular flexibility index (Phi) is 3.34. The number of carbonyl (C=O) groups is 1. The molecule has 3 rings (SSSR count). The molecule has 0 saturated carbocycles. The van der Waals surface area contributed by atoms with E-state index in [4.69, 9.17) is 0 Å². The summed E-state index contributed by atoms with van der Waals surface area (Å²) < 4.78 is 0. The Balaban J connectivity index is 1.62. The van der Waals surface area contributed by atoms with E-state index in [1.54, 1.807) is 0 Å². The minimum atomic E-state index is 0.246. The minimum Gasteiger partial charge on any atom is -0.356 e. The van der Waals surface area contributed by atoms with Gasteiger partial charge in [0, 0.05) is 38.1 Å².